The summed E-state index contributed by atoms with van der Waals surface area (Å²) in [6.07, 6.45) is 3.41. The van der Waals surface area contributed by atoms with Gasteiger partial charge in [-0.05, 0) is 12.1 Å². The van der Waals surface area contributed by atoms with E-state index in [1.54, 1.807) is 36.3 Å². The molecule has 1 aromatic carbocycles. The molecule has 3 aromatic rings. The van der Waals surface area contributed by atoms with Crippen molar-refractivity contribution in [1.29, 1.82) is 0 Å². The quantitative estimate of drug-likeness (QED) is 0.736. The number of hydrogen-bond acceptors (Lipinski definition) is 5. The predicted octanol–water partition coefficient (Wildman–Crippen LogP) is 3.03. The molecule has 2 aromatic heterocycles. The highest BCUT2D eigenvalue weighted by Gasteiger charge is 2.18. The van der Waals surface area contributed by atoms with Crippen molar-refractivity contribution >= 4 is 28.9 Å². The minimum atomic E-state index is 0.217. The Balaban J connectivity index is 2.09. The van der Waals surface area contributed by atoms with Crippen molar-refractivity contribution in [1.82, 2.24) is 19.9 Å². The zero-order valence-corrected chi connectivity index (χ0v) is 11.9. The van der Waals surface area contributed by atoms with E-state index in [0.717, 1.165) is 5.56 Å². The molecule has 0 radical (unpaired) electrons. The minimum Gasteiger partial charge on any atom is -0.397 e. The van der Waals surface area contributed by atoms with E-state index in [-0.39, 0.29) is 5.89 Å². The molecule has 0 amide bonds. The number of rotatable bonds is 2. The summed E-state index contributed by atoms with van der Waals surface area (Å²) in [5, 5.41) is 8.72. The zero-order chi connectivity index (χ0) is 14.3. The van der Waals surface area contributed by atoms with Crippen molar-refractivity contribution in [3.63, 3.8) is 0 Å². The van der Waals surface area contributed by atoms with Crippen LogP contribution in [0.5, 0.6) is 0 Å². The second kappa shape index (κ2) is 4.81. The van der Waals surface area contributed by atoms with Gasteiger partial charge in [0.1, 0.15) is 0 Å². The molecule has 0 unspecified atom stereocenters. The lowest BCUT2D eigenvalue weighted by Gasteiger charge is -2.04. The van der Waals surface area contributed by atoms with Crippen LogP contribution >= 0.6 is 23.2 Å². The molecule has 8 heteroatoms. The summed E-state index contributed by atoms with van der Waals surface area (Å²) >= 11 is 12.1. The third kappa shape index (κ3) is 2.13. The molecule has 2 N–H and O–H groups in total. The van der Waals surface area contributed by atoms with E-state index in [1.807, 2.05) is 0 Å². The monoisotopic (exact) mass is 309 g/mol. The van der Waals surface area contributed by atoms with Crippen LogP contribution in [0.4, 0.5) is 5.69 Å². The molecule has 0 aliphatic heterocycles. The highest BCUT2D eigenvalue weighted by atomic mass is 35.5. The van der Waals surface area contributed by atoms with Crippen LogP contribution < -0.4 is 5.73 Å². The standard InChI is InChI=1S/C12H9Cl2N5O/c1-19-5-6(4-16-19)11-17-12(20-18-11)9-7(13)2-3-8(14)10(9)15/h2-5H,15H2,1H3. The van der Waals surface area contributed by atoms with Crippen molar-refractivity contribution in [2.45, 2.75) is 0 Å². The predicted molar refractivity (Wildman–Crippen MR) is 76.4 cm³/mol. The number of anilines is 1. The first-order chi connectivity index (χ1) is 9.56. The lowest BCUT2D eigenvalue weighted by Crippen LogP contribution is -1.92. The minimum absolute atomic E-state index is 0.217. The number of nitrogens with two attached hydrogens (primary N) is 1. The molecular weight excluding hydrogens is 301 g/mol. The van der Waals surface area contributed by atoms with Gasteiger partial charge in [0.2, 0.25) is 5.82 Å². The Labute approximate surface area is 124 Å². The fourth-order valence-corrected chi connectivity index (χ4v) is 2.17. The molecule has 0 saturated carbocycles. The molecule has 0 spiro atoms. The maximum absolute atomic E-state index is 6.11. The number of nitrogen functional groups attached to an aromatic ring is 1. The van der Waals surface area contributed by atoms with Crippen molar-refractivity contribution in [2.24, 2.45) is 7.05 Å². The number of hydrogen-bond donors (Lipinski definition) is 1. The molecule has 20 heavy (non-hydrogen) atoms. The first-order valence-electron chi connectivity index (χ1n) is 5.63. The van der Waals surface area contributed by atoms with E-state index in [9.17, 15) is 0 Å². The molecule has 2 heterocycles. The molecule has 0 bridgehead atoms. The van der Waals surface area contributed by atoms with Gasteiger partial charge < -0.3 is 10.3 Å². The summed E-state index contributed by atoms with van der Waals surface area (Å²) in [6.45, 7) is 0. The van der Waals surface area contributed by atoms with Crippen LogP contribution in [-0.4, -0.2) is 19.9 Å². The van der Waals surface area contributed by atoms with Gasteiger partial charge in [-0.25, -0.2) is 0 Å². The summed E-state index contributed by atoms with van der Waals surface area (Å²) in [5.74, 6) is 0.623. The Morgan fingerprint density at radius 1 is 1.25 bits per heavy atom. The van der Waals surface area contributed by atoms with Crippen LogP contribution in [0.3, 0.4) is 0 Å². The third-order valence-corrected chi connectivity index (χ3v) is 3.39. The maximum Gasteiger partial charge on any atom is 0.261 e. The van der Waals surface area contributed by atoms with Gasteiger partial charge in [0, 0.05) is 13.2 Å². The van der Waals surface area contributed by atoms with E-state index in [1.165, 1.54) is 0 Å². The Bertz CT molecular complexity index is 780. The third-order valence-electron chi connectivity index (χ3n) is 2.74. The summed E-state index contributed by atoms with van der Waals surface area (Å²) in [6, 6.07) is 3.24. The normalized spacial score (nSPS) is 10.9. The molecular formula is C12H9Cl2N5O. The molecule has 3 rings (SSSR count). The summed E-state index contributed by atoms with van der Waals surface area (Å²) in [4.78, 5) is 4.27. The number of aryl methyl sites for hydroxylation is 1. The average molecular weight is 310 g/mol. The van der Waals surface area contributed by atoms with Gasteiger partial charge in [-0.2, -0.15) is 10.1 Å². The number of benzene rings is 1. The van der Waals surface area contributed by atoms with E-state index in [4.69, 9.17) is 33.5 Å². The van der Waals surface area contributed by atoms with Crippen LogP contribution in [-0.2, 0) is 7.05 Å². The van der Waals surface area contributed by atoms with Gasteiger partial charge in [0.05, 0.1) is 33.1 Å². The first kappa shape index (κ1) is 13.0. The van der Waals surface area contributed by atoms with Crippen LogP contribution in [0.15, 0.2) is 29.0 Å². The Kier molecular flexibility index (Phi) is 3.11. The highest BCUT2D eigenvalue weighted by molar-refractivity contribution is 6.37. The number of nitrogens with zero attached hydrogens (tertiary/aromatic N) is 4. The van der Waals surface area contributed by atoms with Gasteiger partial charge in [0.15, 0.2) is 0 Å². The van der Waals surface area contributed by atoms with Crippen molar-refractivity contribution in [2.75, 3.05) is 5.73 Å². The molecule has 0 saturated heterocycles. The summed E-state index contributed by atoms with van der Waals surface area (Å²) in [7, 11) is 1.80. The molecule has 0 aliphatic carbocycles. The Morgan fingerprint density at radius 3 is 2.70 bits per heavy atom. The van der Waals surface area contributed by atoms with Crippen LogP contribution in [0, 0.1) is 0 Å². The number of halogens is 2. The SMILES string of the molecule is Cn1cc(-c2noc(-c3c(Cl)ccc(Cl)c3N)n2)cn1. The topological polar surface area (TPSA) is 82.8 Å². The van der Waals surface area contributed by atoms with Crippen molar-refractivity contribution in [3.05, 3.63) is 34.6 Å². The average Bonchev–Trinajstić information content (AvgIpc) is 3.03. The van der Waals surface area contributed by atoms with Crippen molar-refractivity contribution < 1.29 is 4.52 Å². The fraction of sp³-hybridized carbons (Fsp3) is 0.0833. The summed E-state index contributed by atoms with van der Waals surface area (Å²) in [5.41, 5.74) is 7.38. The zero-order valence-electron chi connectivity index (χ0n) is 10.3. The molecule has 0 atom stereocenters. The first-order valence-corrected chi connectivity index (χ1v) is 6.38. The Morgan fingerprint density at radius 2 is 2.00 bits per heavy atom. The molecule has 102 valence electrons. The summed E-state index contributed by atoms with van der Waals surface area (Å²) < 4.78 is 6.85. The van der Waals surface area contributed by atoms with Gasteiger partial charge in [-0.3, -0.25) is 4.68 Å². The smallest absolute Gasteiger partial charge is 0.261 e. The van der Waals surface area contributed by atoms with E-state index in [0.29, 0.717) is 27.1 Å². The van der Waals surface area contributed by atoms with Gasteiger partial charge >= 0.3 is 0 Å². The molecule has 6 nitrogen and oxygen atoms in total. The van der Waals surface area contributed by atoms with Crippen LogP contribution in [0.1, 0.15) is 0 Å². The Hall–Kier alpha value is -2.05. The van der Waals surface area contributed by atoms with Gasteiger partial charge in [0.25, 0.3) is 5.89 Å². The molecule has 0 aliphatic rings. The van der Waals surface area contributed by atoms with E-state index in [2.05, 4.69) is 15.2 Å². The van der Waals surface area contributed by atoms with Gasteiger partial charge in [-0.1, -0.05) is 28.4 Å². The van der Waals surface area contributed by atoms with Gasteiger partial charge in [-0.15, -0.1) is 0 Å². The highest BCUT2D eigenvalue weighted by Crippen LogP contribution is 2.37. The van der Waals surface area contributed by atoms with E-state index < -0.39 is 0 Å². The largest absolute Gasteiger partial charge is 0.397 e. The second-order valence-electron chi connectivity index (χ2n) is 4.14. The van der Waals surface area contributed by atoms with Crippen LogP contribution in [0.25, 0.3) is 22.8 Å². The fourth-order valence-electron chi connectivity index (χ4n) is 1.76. The maximum atomic E-state index is 6.11. The van der Waals surface area contributed by atoms with E-state index >= 15 is 0 Å². The molecule has 0 fully saturated rings. The second-order valence-corrected chi connectivity index (χ2v) is 4.96. The van der Waals surface area contributed by atoms with Crippen molar-refractivity contribution in [3.8, 4) is 22.8 Å². The van der Waals surface area contributed by atoms with Crippen LogP contribution in [0.2, 0.25) is 10.0 Å². The lowest BCUT2D eigenvalue weighted by molar-refractivity contribution is 0.432. The number of aromatic nitrogens is 4. The lowest BCUT2D eigenvalue weighted by atomic mass is 10.2.